The molecule has 3 heterocycles. The van der Waals surface area contributed by atoms with Crippen molar-refractivity contribution in [1.29, 1.82) is 0 Å². The van der Waals surface area contributed by atoms with Crippen LogP contribution >= 0.6 is 0 Å². The third kappa shape index (κ3) is 9.03. The Labute approximate surface area is 471 Å². The zero-order valence-electron chi connectivity index (χ0n) is 51.4. The minimum absolute atomic E-state index is 0. The normalized spacial score (nSPS) is 13.4. The van der Waals surface area contributed by atoms with Crippen molar-refractivity contribution in [3.8, 4) is 84.3 Å². The Bertz CT molecular complexity index is 4660. The summed E-state index contributed by atoms with van der Waals surface area (Å²) in [4.78, 5) is 4.84. The van der Waals surface area contributed by atoms with Gasteiger partial charge in [0.2, 0.25) is 0 Å². The Morgan fingerprint density at radius 1 is 0.500 bits per heavy atom. The van der Waals surface area contributed by atoms with E-state index in [1.807, 2.05) is 103 Å². The average Bonchev–Trinajstić information content (AvgIpc) is 1.85. The maximum Gasteiger partial charge on any atom is 0.268 e. The van der Waals surface area contributed by atoms with Gasteiger partial charge >= 0.3 is 0 Å². The van der Waals surface area contributed by atoms with Gasteiger partial charge in [-0.15, -0.1) is 29.7 Å². The molecule has 0 fully saturated rings. The molecule has 10 aromatic carbocycles. The van der Waals surface area contributed by atoms with E-state index in [9.17, 15) is 5.48 Å². The number of fused-ring (bicyclic) bond motifs is 4. The van der Waals surface area contributed by atoms with Gasteiger partial charge in [0, 0.05) is 44.3 Å². The summed E-state index contributed by atoms with van der Waals surface area (Å²) in [5.41, 5.74) is 9.92. The third-order valence-electron chi connectivity index (χ3n) is 13.5. The Hall–Kier alpha value is -8.89. The Morgan fingerprint density at radius 2 is 1.11 bits per heavy atom. The maximum absolute atomic E-state index is 9.31. The van der Waals surface area contributed by atoms with Crippen LogP contribution in [0.2, 0.25) is 0 Å². The predicted octanol–water partition coefficient (Wildman–Crippen LogP) is 17.2. The molecule has 368 valence electrons. The average molecular weight is 1170 g/mol. The summed E-state index contributed by atoms with van der Waals surface area (Å²) in [7, 11) is 0. The topological polar surface area (TPSA) is 35.9 Å². The zero-order valence-corrected chi connectivity index (χ0v) is 43.7. The summed E-state index contributed by atoms with van der Waals surface area (Å²) in [5, 5.41) is 2.00. The van der Waals surface area contributed by atoms with Gasteiger partial charge in [0.05, 0.1) is 30.4 Å². The van der Waals surface area contributed by atoms with Gasteiger partial charge in [0.25, 0.3) is 6.33 Å². The van der Waals surface area contributed by atoms with E-state index in [2.05, 4.69) is 104 Å². The number of ether oxygens (including phenoxy) is 1. The molecule has 13 rings (SSSR count). The van der Waals surface area contributed by atoms with Crippen molar-refractivity contribution in [1.82, 2.24) is 14.1 Å². The molecule has 0 radical (unpaired) electrons. The molecule has 5 nitrogen and oxygen atoms in total. The molecule has 3 aromatic heterocycles. The van der Waals surface area contributed by atoms with Crippen LogP contribution in [0.4, 0.5) is 0 Å². The van der Waals surface area contributed by atoms with Crippen LogP contribution in [0.25, 0.3) is 106 Å². The van der Waals surface area contributed by atoms with E-state index in [1.165, 1.54) is 0 Å². The SMILES string of the molecule is [2H]c1c([2H])c([2H])c(-c2cccc(-c3c([2H])c([2H])c([2H])c([2H])c3[2H])c2-[n+]2[c-]n(-c3[c-]c(Oc4[c-]c5c(cc4)c4ccccc4n5-c4cc(C(C)(C)C)ccn4)ccc3)c3ccc(-c4cc(-c5ccccc5)cc(-c5ccccc5)c4)cc32)c([2H])c1[2H].[Pt]. The molecule has 76 heavy (non-hydrogen) atoms. The maximum atomic E-state index is 9.31. The van der Waals surface area contributed by atoms with Crippen molar-refractivity contribution in [2.24, 2.45) is 0 Å². The molecule has 0 unspecified atom stereocenters. The van der Waals surface area contributed by atoms with Crippen molar-refractivity contribution < 1.29 is 44.1 Å². The first-order chi connectivity index (χ1) is 40.9. The Balaban J connectivity index is 0.00000724. The molecule has 0 spiro atoms. The van der Waals surface area contributed by atoms with Gasteiger partial charge in [-0.05, 0) is 120 Å². The zero-order chi connectivity index (χ0) is 59.2. The van der Waals surface area contributed by atoms with E-state index >= 15 is 0 Å². The second-order valence-corrected chi connectivity index (χ2v) is 19.3. The molecule has 0 aliphatic heterocycles. The van der Waals surface area contributed by atoms with Crippen LogP contribution < -0.4 is 9.30 Å². The number of imidazole rings is 1. The molecule has 0 saturated heterocycles. The quantitative estimate of drug-likeness (QED) is 0.101. The number of benzene rings is 10. The largest absolute Gasteiger partial charge is 0.510 e. The second kappa shape index (κ2) is 20.1. The molecular weight excluding hydrogens is 1110 g/mol. The van der Waals surface area contributed by atoms with Crippen LogP contribution in [0, 0.1) is 18.5 Å². The van der Waals surface area contributed by atoms with Gasteiger partial charge in [-0.3, -0.25) is 4.57 Å². The summed E-state index contributed by atoms with van der Waals surface area (Å²) < 4.78 is 102. The molecule has 13 aromatic rings. The number of rotatable bonds is 10. The van der Waals surface area contributed by atoms with Crippen molar-refractivity contribution >= 4 is 32.8 Å². The Morgan fingerprint density at radius 3 is 1.76 bits per heavy atom. The number of pyridine rings is 1. The van der Waals surface area contributed by atoms with E-state index < -0.39 is 60.4 Å². The Kier molecular flexibility index (Phi) is 9.99. The number of aromatic nitrogens is 4. The van der Waals surface area contributed by atoms with Crippen LogP contribution in [0.1, 0.15) is 40.0 Å². The predicted molar refractivity (Wildman–Crippen MR) is 306 cm³/mol. The summed E-state index contributed by atoms with van der Waals surface area (Å²) in [6.45, 7) is 6.51. The fraction of sp³-hybridized carbons (Fsp3) is 0.0571. The third-order valence-corrected chi connectivity index (χ3v) is 13.5. The van der Waals surface area contributed by atoms with E-state index in [0.717, 1.165) is 66.6 Å². The second-order valence-electron chi connectivity index (χ2n) is 19.3. The molecule has 0 atom stereocenters. The van der Waals surface area contributed by atoms with Gasteiger partial charge in [0.1, 0.15) is 5.82 Å². The number of hydrogen-bond acceptors (Lipinski definition) is 2. The smallest absolute Gasteiger partial charge is 0.268 e. The van der Waals surface area contributed by atoms with Crippen molar-refractivity contribution in [2.75, 3.05) is 0 Å². The summed E-state index contributed by atoms with van der Waals surface area (Å²) >= 11 is 0. The van der Waals surface area contributed by atoms with Crippen LogP contribution in [-0.2, 0) is 26.5 Å². The van der Waals surface area contributed by atoms with Gasteiger partial charge in [-0.1, -0.05) is 196 Å². The van der Waals surface area contributed by atoms with Gasteiger partial charge in [-0.2, -0.15) is 18.2 Å². The van der Waals surface area contributed by atoms with Crippen LogP contribution in [-0.4, -0.2) is 14.1 Å². The first kappa shape index (κ1) is 37.8. The van der Waals surface area contributed by atoms with E-state index in [1.54, 1.807) is 33.4 Å². The minimum Gasteiger partial charge on any atom is -0.510 e. The van der Waals surface area contributed by atoms with Crippen molar-refractivity contribution in [3.05, 3.63) is 273 Å². The van der Waals surface area contributed by atoms with E-state index in [-0.39, 0.29) is 54.4 Å². The molecule has 0 aliphatic carbocycles. The fourth-order valence-corrected chi connectivity index (χ4v) is 9.90. The summed E-state index contributed by atoms with van der Waals surface area (Å²) in [6.07, 6.45) is 5.38. The molecule has 0 amide bonds. The molecule has 6 heteroatoms. The first-order valence-electron chi connectivity index (χ1n) is 29.6. The minimum atomic E-state index is -0.587. The van der Waals surface area contributed by atoms with Gasteiger partial charge < -0.3 is 13.9 Å². The number of para-hydroxylation sites is 2. The molecule has 0 bridgehead atoms. The molecular formula is C70H50N4OPt-2. The first-order valence-corrected chi connectivity index (χ1v) is 24.6. The van der Waals surface area contributed by atoms with Crippen LogP contribution in [0.5, 0.6) is 11.5 Å². The molecule has 0 saturated carbocycles. The fourth-order valence-electron chi connectivity index (χ4n) is 9.90. The van der Waals surface area contributed by atoms with Crippen molar-refractivity contribution in [3.63, 3.8) is 0 Å². The summed E-state index contributed by atoms with van der Waals surface area (Å²) in [6, 6.07) is 60.6. The van der Waals surface area contributed by atoms with Crippen LogP contribution in [0.15, 0.2) is 249 Å². The van der Waals surface area contributed by atoms with E-state index in [0.29, 0.717) is 28.2 Å². The molecule has 0 aliphatic rings. The van der Waals surface area contributed by atoms with Gasteiger partial charge in [0.15, 0.2) is 0 Å². The van der Waals surface area contributed by atoms with E-state index in [4.69, 9.17) is 17.9 Å². The number of nitrogens with zero attached hydrogens (tertiary/aromatic N) is 4. The summed E-state index contributed by atoms with van der Waals surface area (Å²) in [5.74, 6) is 1.50. The monoisotopic (exact) mass is 1170 g/mol. The van der Waals surface area contributed by atoms with Crippen LogP contribution in [0.3, 0.4) is 0 Å². The van der Waals surface area contributed by atoms with Gasteiger partial charge in [-0.25, -0.2) is 4.98 Å². The molecule has 0 N–H and O–H groups in total. The number of hydrogen-bond donors (Lipinski definition) is 0. The standard InChI is InChI=1S/C70H50N4O.Pt/c1-70(2,3)56-38-39-71-68(44-56)74-64-33-17-16-30-62(64)63-36-35-59(46-66(63)74)75-58-29-18-28-57(45-58)72-47-73(69-60(50-24-12-6-13-25-50)31-19-32-61(69)51-26-14-7-15-27-51)67-43-52(34-37-65(67)72)55-41-53(48-20-8-4-9-21-48)40-54(42-55)49-22-10-5-11-23-49;/h4-44H,1-3H3;/q-2;/i6D,7D,12D,13D,14D,15D,24D,25D,26D,27D;. The van der Waals surface area contributed by atoms with Crippen molar-refractivity contribution in [2.45, 2.75) is 26.2 Å².